The Morgan fingerprint density at radius 3 is 2.33 bits per heavy atom. The Bertz CT molecular complexity index is 1310. The van der Waals surface area contributed by atoms with Gasteiger partial charge in [0, 0.05) is 19.2 Å². The van der Waals surface area contributed by atoms with Crippen LogP contribution in [0.1, 0.15) is 22.5 Å². The number of anilines is 1. The first-order valence-corrected chi connectivity index (χ1v) is 11.4. The van der Waals surface area contributed by atoms with E-state index in [2.05, 4.69) is 15.4 Å². The standard InChI is InChI=1S/C24H25N3O2S/c1-17-8-14-21(16-18(17)2)30(28,29)26-20-12-9-19(10-13-20)11-15-24-25-22-6-4-5-7-23(22)27(24)3/h4-10,12-14,16,26H,11,15H2,1-3H3. The first-order valence-electron chi connectivity index (χ1n) is 9.93. The summed E-state index contributed by atoms with van der Waals surface area (Å²) in [7, 11) is -1.57. The molecule has 0 saturated heterocycles. The molecule has 0 bridgehead atoms. The van der Waals surface area contributed by atoms with Crippen LogP contribution in [0.3, 0.4) is 0 Å². The van der Waals surface area contributed by atoms with E-state index in [9.17, 15) is 8.42 Å². The number of nitrogens with one attached hydrogen (secondary N) is 1. The van der Waals surface area contributed by atoms with Gasteiger partial charge in [-0.25, -0.2) is 13.4 Å². The molecule has 3 aromatic carbocycles. The minimum Gasteiger partial charge on any atom is -0.331 e. The average molecular weight is 420 g/mol. The lowest BCUT2D eigenvalue weighted by Crippen LogP contribution is -2.13. The second-order valence-electron chi connectivity index (χ2n) is 7.62. The van der Waals surface area contributed by atoms with Gasteiger partial charge in [-0.15, -0.1) is 0 Å². The number of nitrogens with zero attached hydrogens (tertiary/aromatic N) is 2. The molecular formula is C24H25N3O2S. The molecule has 0 fully saturated rings. The van der Waals surface area contributed by atoms with Gasteiger partial charge in [0.2, 0.25) is 0 Å². The van der Waals surface area contributed by atoms with Crippen molar-refractivity contribution in [2.45, 2.75) is 31.6 Å². The van der Waals surface area contributed by atoms with E-state index in [1.165, 1.54) is 0 Å². The maximum absolute atomic E-state index is 12.7. The highest BCUT2D eigenvalue weighted by molar-refractivity contribution is 7.92. The van der Waals surface area contributed by atoms with Crippen LogP contribution in [0, 0.1) is 13.8 Å². The van der Waals surface area contributed by atoms with Crippen molar-refractivity contribution in [2.75, 3.05) is 4.72 Å². The van der Waals surface area contributed by atoms with Gasteiger partial charge in [0.1, 0.15) is 5.82 Å². The zero-order chi connectivity index (χ0) is 21.3. The smallest absolute Gasteiger partial charge is 0.261 e. The highest BCUT2D eigenvalue weighted by Crippen LogP contribution is 2.20. The number of para-hydroxylation sites is 2. The molecule has 0 spiro atoms. The van der Waals surface area contributed by atoms with E-state index >= 15 is 0 Å². The monoisotopic (exact) mass is 419 g/mol. The van der Waals surface area contributed by atoms with Gasteiger partial charge < -0.3 is 4.57 Å². The first kappa shape index (κ1) is 20.2. The molecule has 1 heterocycles. The van der Waals surface area contributed by atoms with Crippen LogP contribution in [0.2, 0.25) is 0 Å². The zero-order valence-corrected chi connectivity index (χ0v) is 18.2. The number of rotatable bonds is 6. The molecule has 0 unspecified atom stereocenters. The highest BCUT2D eigenvalue weighted by atomic mass is 32.2. The molecule has 0 radical (unpaired) electrons. The molecule has 0 aliphatic heterocycles. The van der Waals surface area contributed by atoms with Crippen molar-refractivity contribution in [1.29, 1.82) is 0 Å². The van der Waals surface area contributed by atoms with E-state index in [-0.39, 0.29) is 4.90 Å². The SMILES string of the molecule is Cc1ccc(S(=O)(=O)Nc2ccc(CCc3nc4ccccc4n3C)cc2)cc1C. The molecule has 6 heteroatoms. The van der Waals surface area contributed by atoms with Gasteiger partial charge >= 0.3 is 0 Å². The van der Waals surface area contributed by atoms with Gasteiger partial charge in [0.05, 0.1) is 15.9 Å². The van der Waals surface area contributed by atoms with Crippen molar-refractivity contribution >= 4 is 26.7 Å². The van der Waals surface area contributed by atoms with Crippen molar-refractivity contribution in [2.24, 2.45) is 7.05 Å². The summed E-state index contributed by atoms with van der Waals surface area (Å²) in [4.78, 5) is 4.99. The third-order valence-corrected chi connectivity index (χ3v) is 6.89. The van der Waals surface area contributed by atoms with Crippen LogP contribution in [-0.4, -0.2) is 18.0 Å². The Balaban J connectivity index is 1.44. The van der Waals surface area contributed by atoms with Gasteiger partial charge in [-0.2, -0.15) is 0 Å². The van der Waals surface area contributed by atoms with E-state index in [4.69, 9.17) is 4.98 Å². The summed E-state index contributed by atoms with van der Waals surface area (Å²) in [6.45, 7) is 3.87. The number of fused-ring (bicyclic) bond motifs is 1. The molecular weight excluding hydrogens is 394 g/mol. The Labute approximate surface area is 177 Å². The Kier molecular flexibility index (Phi) is 5.35. The van der Waals surface area contributed by atoms with Crippen molar-refractivity contribution in [3.8, 4) is 0 Å². The summed E-state index contributed by atoms with van der Waals surface area (Å²) in [5.41, 5.74) is 5.85. The number of sulfonamides is 1. The topological polar surface area (TPSA) is 64.0 Å². The van der Waals surface area contributed by atoms with Crippen LogP contribution >= 0.6 is 0 Å². The molecule has 154 valence electrons. The predicted octanol–water partition coefficient (Wildman–Crippen LogP) is 4.78. The summed E-state index contributed by atoms with van der Waals surface area (Å²) in [5, 5.41) is 0. The lowest BCUT2D eigenvalue weighted by molar-refractivity contribution is 0.601. The fourth-order valence-corrected chi connectivity index (χ4v) is 4.65. The molecule has 0 amide bonds. The second-order valence-corrected chi connectivity index (χ2v) is 9.31. The Morgan fingerprint density at radius 1 is 0.900 bits per heavy atom. The summed E-state index contributed by atoms with van der Waals surface area (Å²) in [6, 6.07) is 20.8. The molecule has 30 heavy (non-hydrogen) atoms. The van der Waals surface area contributed by atoms with Gasteiger partial charge in [-0.3, -0.25) is 4.72 Å². The van der Waals surface area contributed by atoms with Crippen molar-refractivity contribution in [1.82, 2.24) is 9.55 Å². The second kappa shape index (κ2) is 7.95. The molecule has 1 N–H and O–H groups in total. The van der Waals surface area contributed by atoms with Crippen molar-refractivity contribution in [3.05, 3.63) is 89.2 Å². The zero-order valence-electron chi connectivity index (χ0n) is 17.4. The van der Waals surface area contributed by atoms with E-state index in [0.29, 0.717) is 5.69 Å². The number of hydrogen-bond donors (Lipinski definition) is 1. The van der Waals surface area contributed by atoms with Gasteiger partial charge in [-0.05, 0) is 73.4 Å². The highest BCUT2D eigenvalue weighted by Gasteiger charge is 2.15. The number of aryl methyl sites for hydroxylation is 5. The van der Waals surface area contributed by atoms with Crippen molar-refractivity contribution in [3.63, 3.8) is 0 Å². The van der Waals surface area contributed by atoms with Gasteiger partial charge in [0.25, 0.3) is 10.0 Å². The quantitative estimate of drug-likeness (QED) is 0.489. The van der Waals surface area contributed by atoms with Crippen molar-refractivity contribution < 1.29 is 8.42 Å². The van der Waals surface area contributed by atoms with Crippen LogP contribution in [0.5, 0.6) is 0 Å². The number of benzene rings is 3. The third kappa shape index (κ3) is 4.09. The molecule has 4 aromatic rings. The van der Waals surface area contributed by atoms with E-state index < -0.39 is 10.0 Å². The molecule has 0 aliphatic rings. The third-order valence-electron chi connectivity index (χ3n) is 5.51. The van der Waals surface area contributed by atoms with Gasteiger partial charge in [0.15, 0.2) is 0 Å². The number of aromatic nitrogens is 2. The first-order chi connectivity index (χ1) is 14.3. The Morgan fingerprint density at radius 2 is 1.63 bits per heavy atom. The fourth-order valence-electron chi connectivity index (χ4n) is 3.51. The molecule has 0 saturated carbocycles. The van der Waals surface area contributed by atoms with Crippen LogP contribution < -0.4 is 4.72 Å². The number of hydrogen-bond acceptors (Lipinski definition) is 3. The van der Waals surface area contributed by atoms with E-state index in [0.717, 1.165) is 46.4 Å². The maximum atomic E-state index is 12.7. The summed E-state index contributed by atoms with van der Waals surface area (Å²) < 4.78 is 30.1. The van der Waals surface area contributed by atoms with Crippen LogP contribution in [-0.2, 0) is 29.9 Å². The molecule has 5 nitrogen and oxygen atoms in total. The summed E-state index contributed by atoms with van der Waals surface area (Å²) in [5.74, 6) is 1.04. The van der Waals surface area contributed by atoms with Crippen LogP contribution in [0.25, 0.3) is 11.0 Å². The number of imidazole rings is 1. The van der Waals surface area contributed by atoms with E-state index in [1.807, 2.05) is 69.4 Å². The van der Waals surface area contributed by atoms with Crippen LogP contribution in [0.4, 0.5) is 5.69 Å². The normalized spacial score (nSPS) is 11.7. The van der Waals surface area contributed by atoms with Crippen LogP contribution in [0.15, 0.2) is 71.6 Å². The molecule has 4 rings (SSSR count). The lowest BCUT2D eigenvalue weighted by atomic mass is 10.1. The van der Waals surface area contributed by atoms with Gasteiger partial charge in [-0.1, -0.05) is 30.3 Å². The maximum Gasteiger partial charge on any atom is 0.261 e. The summed E-state index contributed by atoms with van der Waals surface area (Å²) in [6.07, 6.45) is 1.65. The summed E-state index contributed by atoms with van der Waals surface area (Å²) >= 11 is 0. The molecule has 0 aliphatic carbocycles. The largest absolute Gasteiger partial charge is 0.331 e. The lowest BCUT2D eigenvalue weighted by Gasteiger charge is -2.10. The predicted molar refractivity (Wildman–Crippen MR) is 121 cm³/mol. The minimum absolute atomic E-state index is 0.275. The minimum atomic E-state index is -3.60. The van der Waals surface area contributed by atoms with E-state index in [1.54, 1.807) is 12.1 Å². The Hall–Kier alpha value is -3.12. The molecule has 0 atom stereocenters. The average Bonchev–Trinajstić information content (AvgIpc) is 3.05. The fraction of sp³-hybridized carbons (Fsp3) is 0.208. The molecule has 1 aromatic heterocycles.